The van der Waals surface area contributed by atoms with Crippen molar-refractivity contribution in [2.24, 2.45) is 0 Å². The number of rotatable bonds is 6. The second-order valence-corrected chi connectivity index (χ2v) is 7.32. The zero-order valence-electron chi connectivity index (χ0n) is 16.0. The van der Waals surface area contributed by atoms with Crippen LogP contribution in [-0.2, 0) is 4.79 Å². The summed E-state index contributed by atoms with van der Waals surface area (Å²) < 4.78 is 5.21. The standard InChI is InChI=1S/C22H17N5O2S/c1-29-17-8-4-15(5-9-17)18-11-24-21-20(18)25-13-26-22(21)30-12-19(28)27-16-6-2-14(10-23)3-7-16/h2-9,11,13,24H,12H2,1H3,(H,27,28). The van der Waals surface area contributed by atoms with Crippen LogP contribution in [0.15, 0.2) is 66.1 Å². The minimum atomic E-state index is -0.154. The highest BCUT2D eigenvalue weighted by Crippen LogP contribution is 2.32. The molecule has 2 heterocycles. The Kier molecular flexibility index (Phi) is 5.63. The number of nitrogens with zero attached hydrogens (tertiary/aromatic N) is 3. The van der Waals surface area contributed by atoms with Gasteiger partial charge >= 0.3 is 0 Å². The second-order valence-electron chi connectivity index (χ2n) is 6.36. The lowest BCUT2D eigenvalue weighted by Crippen LogP contribution is -2.14. The Balaban J connectivity index is 1.48. The summed E-state index contributed by atoms with van der Waals surface area (Å²) in [5.41, 5.74) is 4.75. The maximum Gasteiger partial charge on any atom is 0.234 e. The summed E-state index contributed by atoms with van der Waals surface area (Å²) in [5, 5.41) is 12.4. The normalized spacial score (nSPS) is 10.5. The van der Waals surface area contributed by atoms with E-state index in [-0.39, 0.29) is 11.7 Å². The average molecular weight is 415 g/mol. The molecule has 8 heteroatoms. The Morgan fingerprint density at radius 3 is 2.63 bits per heavy atom. The van der Waals surface area contributed by atoms with Crippen molar-refractivity contribution in [2.45, 2.75) is 5.03 Å². The zero-order chi connectivity index (χ0) is 20.9. The van der Waals surface area contributed by atoms with Gasteiger partial charge in [0.2, 0.25) is 5.91 Å². The summed E-state index contributed by atoms with van der Waals surface area (Å²) in [5.74, 6) is 0.833. The van der Waals surface area contributed by atoms with Gasteiger partial charge in [-0.3, -0.25) is 4.79 Å². The molecule has 1 amide bonds. The van der Waals surface area contributed by atoms with E-state index in [1.54, 1.807) is 31.4 Å². The van der Waals surface area contributed by atoms with Crippen LogP contribution in [0.4, 0.5) is 5.69 Å². The van der Waals surface area contributed by atoms with E-state index in [1.165, 1.54) is 18.1 Å². The molecule has 0 atom stereocenters. The largest absolute Gasteiger partial charge is 0.497 e. The minimum absolute atomic E-state index is 0.154. The predicted molar refractivity (Wildman–Crippen MR) is 116 cm³/mol. The summed E-state index contributed by atoms with van der Waals surface area (Å²) in [6, 6.07) is 16.5. The molecule has 7 nitrogen and oxygen atoms in total. The fourth-order valence-electron chi connectivity index (χ4n) is 2.98. The summed E-state index contributed by atoms with van der Waals surface area (Å²) in [6.45, 7) is 0. The SMILES string of the molecule is COc1ccc(-c2c[nH]c3c(SCC(=O)Nc4ccc(C#N)cc4)ncnc23)cc1. The van der Waals surface area contributed by atoms with Crippen molar-refractivity contribution in [1.29, 1.82) is 5.26 Å². The number of nitriles is 1. The molecule has 0 saturated heterocycles. The number of hydrogen-bond donors (Lipinski definition) is 2. The first-order chi connectivity index (χ1) is 14.7. The molecule has 0 spiro atoms. The molecule has 0 aliphatic rings. The molecule has 2 aromatic heterocycles. The number of carbonyl (C=O) groups excluding carboxylic acids is 1. The van der Waals surface area contributed by atoms with E-state index >= 15 is 0 Å². The third kappa shape index (κ3) is 4.11. The van der Waals surface area contributed by atoms with E-state index in [4.69, 9.17) is 10.00 Å². The Morgan fingerprint density at radius 2 is 1.93 bits per heavy atom. The van der Waals surface area contributed by atoms with Crippen molar-refractivity contribution in [3.05, 3.63) is 66.6 Å². The molecule has 0 unspecified atom stereocenters. The number of anilines is 1. The van der Waals surface area contributed by atoms with E-state index in [0.717, 1.165) is 27.9 Å². The third-order valence-corrected chi connectivity index (χ3v) is 5.46. The lowest BCUT2D eigenvalue weighted by Gasteiger charge is -2.06. The first kappa shape index (κ1) is 19.5. The van der Waals surface area contributed by atoms with Crippen molar-refractivity contribution < 1.29 is 9.53 Å². The lowest BCUT2D eigenvalue weighted by molar-refractivity contribution is -0.113. The van der Waals surface area contributed by atoms with Gasteiger partial charge in [0.1, 0.15) is 22.6 Å². The van der Waals surface area contributed by atoms with E-state index in [2.05, 4.69) is 20.3 Å². The average Bonchev–Trinajstić information content (AvgIpc) is 3.23. The maximum absolute atomic E-state index is 12.3. The highest BCUT2D eigenvalue weighted by atomic mass is 32.2. The van der Waals surface area contributed by atoms with E-state index in [9.17, 15) is 4.79 Å². The summed E-state index contributed by atoms with van der Waals surface area (Å²) in [7, 11) is 1.63. The molecule has 4 rings (SSSR count). The van der Waals surface area contributed by atoms with Crippen molar-refractivity contribution >= 4 is 34.4 Å². The van der Waals surface area contributed by atoms with Crippen molar-refractivity contribution in [3.63, 3.8) is 0 Å². The number of thioether (sulfide) groups is 1. The molecular formula is C22H17N5O2S. The van der Waals surface area contributed by atoms with Gasteiger partial charge in [0.25, 0.3) is 0 Å². The van der Waals surface area contributed by atoms with E-state index in [0.29, 0.717) is 16.3 Å². The Morgan fingerprint density at radius 1 is 1.17 bits per heavy atom. The van der Waals surface area contributed by atoms with E-state index < -0.39 is 0 Å². The van der Waals surface area contributed by atoms with Gasteiger partial charge in [-0.15, -0.1) is 0 Å². The highest BCUT2D eigenvalue weighted by Gasteiger charge is 2.13. The number of aromatic nitrogens is 3. The summed E-state index contributed by atoms with van der Waals surface area (Å²) >= 11 is 1.33. The number of fused-ring (bicyclic) bond motifs is 1. The minimum Gasteiger partial charge on any atom is -0.497 e. The van der Waals surface area contributed by atoms with Crippen LogP contribution >= 0.6 is 11.8 Å². The number of nitrogens with one attached hydrogen (secondary N) is 2. The smallest absolute Gasteiger partial charge is 0.234 e. The van der Waals surface area contributed by atoms with Crippen LogP contribution in [0.5, 0.6) is 5.75 Å². The number of H-pyrrole nitrogens is 1. The van der Waals surface area contributed by atoms with Crippen LogP contribution in [0, 0.1) is 11.3 Å². The van der Waals surface area contributed by atoms with Crippen LogP contribution < -0.4 is 10.1 Å². The first-order valence-corrected chi connectivity index (χ1v) is 10.1. The van der Waals surface area contributed by atoms with E-state index in [1.807, 2.05) is 36.5 Å². The third-order valence-electron chi connectivity index (χ3n) is 4.47. The van der Waals surface area contributed by atoms with Gasteiger partial charge in [0, 0.05) is 17.4 Å². The summed E-state index contributed by atoms with van der Waals surface area (Å²) in [6.07, 6.45) is 3.39. The van der Waals surface area contributed by atoms with Crippen LogP contribution in [-0.4, -0.2) is 33.7 Å². The number of hydrogen-bond acceptors (Lipinski definition) is 6. The van der Waals surface area contributed by atoms with Gasteiger partial charge in [0.05, 0.1) is 30.0 Å². The quantitative estimate of drug-likeness (QED) is 0.361. The topological polar surface area (TPSA) is 104 Å². The van der Waals surface area contributed by atoms with Crippen LogP contribution in [0.1, 0.15) is 5.56 Å². The number of aromatic amines is 1. The zero-order valence-corrected chi connectivity index (χ0v) is 16.9. The predicted octanol–water partition coefficient (Wildman–Crippen LogP) is 4.24. The second kappa shape index (κ2) is 8.68. The number of ether oxygens (including phenoxy) is 1. The van der Waals surface area contributed by atoms with Crippen LogP contribution in [0.25, 0.3) is 22.2 Å². The molecule has 2 N–H and O–H groups in total. The summed E-state index contributed by atoms with van der Waals surface area (Å²) in [4.78, 5) is 24.3. The fraction of sp³-hybridized carbons (Fsp3) is 0.0909. The molecule has 0 aliphatic carbocycles. The molecule has 0 fully saturated rings. The lowest BCUT2D eigenvalue weighted by atomic mass is 10.1. The van der Waals surface area contributed by atoms with Gasteiger partial charge < -0.3 is 15.0 Å². The van der Waals surface area contributed by atoms with Crippen molar-refractivity contribution in [3.8, 4) is 22.9 Å². The first-order valence-electron chi connectivity index (χ1n) is 9.07. The number of carbonyl (C=O) groups is 1. The monoisotopic (exact) mass is 415 g/mol. The van der Waals surface area contributed by atoms with Crippen LogP contribution in [0.2, 0.25) is 0 Å². The van der Waals surface area contributed by atoms with Crippen molar-refractivity contribution in [1.82, 2.24) is 15.0 Å². The Bertz CT molecular complexity index is 1230. The molecular weight excluding hydrogens is 398 g/mol. The molecule has 148 valence electrons. The molecule has 0 radical (unpaired) electrons. The van der Waals surface area contributed by atoms with Gasteiger partial charge in [0.15, 0.2) is 0 Å². The highest BCUT2D eigenvalue weighted by molar-refractivity contribution is 8.00. The number of amides is 1. The van der Waals surface area contributed by atoms with Gasteiger partial charge in [-0.05, 0) is 42.0 Å². The van der Waals surface area contributed by atoms with Crippen molar-refractivity contribution in [2.75, 3.05) is 18.2 Å². The van der Waals surface area contributed by atoms with Gasteiger partial charge in [-0.2, -0.15) is 5.26 Å². The van der Waals surface area contributed by atoms with Gasteiger partial charge in [-0.25, -0.2) is 9.97 Å². The Hall–Kier alpha value is -3.83. The number of methoxy groups -OCH3 is 1. The fourth-order valence-corrected chi connectivity index (χ4v) is 3.74. The Labute approximate surface area is 177 Å². The molecule has 2 aromatic carbocycles. The molecule has 0 saturated carbocycles. The maximum atomic E-state index is 12.3. The molecule has 30 heavy (non-hydrogen) atoms. The number of benzene rings is 2. The molecule has 0 bridgehead atoms. The molecule has 0 aliphatic heterocycles. The van der Waals surface area contributed by atoms with Gasteiger partial charge in [-0.1, -0.05) is 23.9 Å². The van der Waals surface area contributed by atoms with Crippen LogP contribution in [0.3, 0.4) is 0 Å². The molecule has 4 aromatic rings.